The summed E-state index contributed by atoms with van der Waals surface area (Å²) in [6, 6.07) is 9.90. The van der Waals surface area contributed by atoms with Crippen molar-refractivity contribution in [2.75, 3.05) is 13.2 Å². The molecule has 0 saturated carbocycles. The van der Waals surface area contributed by atoms with Crippen LogP contribution in [0.25, 0.3) is 11.0 Å². The first-order valence-corrected chi connectivity index (χ1v) is 9.93. The third-order valence-corrected chi connectivity index (χ3v) is 4.53. The molecule has 0 saturated heterocycles. The van der Waals surface area contributed by atoms with Gasteiger partial charge in [0.1, 0.15) is 18.7 Å². The molecule has 0 atom stereocenters. The molecule has 0 spiro atoms. The number of hydrogen-bond donors (Lipinski definition) is 0. The van der Waals surface area contributed by atoms with Gasteiger partial charge in [0.15, 0.2) is 5.65 Å². The molecule has 3 rings (SSSR count). The van der Waals surface area contributed by atoms with Crippen LogP contribution in [0.4, 0.5) is 0 Å². The number of rotatable bonds is 10. The van der Waals surface area contributed by atoms with E-state index in [4.69, 9.17) is 9.57 Å². The van der Waals surface area contributed by atoms with E-state index >= 15 is 0 Å². The van der Waals surface area contributed by atoms with Gasteiger partial charge in [0, 0.05) is 12.6 Å². The topological polar surface area (TPSA) is 66.2 Å². The van der Waals surface area contributed by atoms with E-state index in [1.54, 1.807) is 6.20 Å². The molecule has 1 aromatic carbocycles. The molecule has 0 fully saturated rings. The van der Waals surface area contributed by atoms with E-state index in [1.807, 2.05) is 30.3 Å². The quantitative estimate of drug-likeness (QED) is 0.500. The van der Waals surface area contributed by atoms with Gasteiger partial charge in [-0.2, -0.15) is 0 Å². The molecule has 2 heterocycles. The van der Waals surface area contributed by atoms with Gasteiger partial charge in [-0.1, -0.05) is 57.0 Å². The van der Waals surface area contributed by atoms with Crippen LogP contribution in [-0.2, 0) is 6.42 Å². The van der Waals surface area contributed by atoms with Crippen molar-refractivity contribution in [1.29, 1.82) is 0 Å². The second-order valence-electron chi connectivity index (χ2n) is 6.72. The summed E-state index contributed by atoms with van der Waals surface area (Å²) in [6.45, 7) is 5.19. The Morgan fingerprint density at radius 2 is 1.79 bits per heavy atom. The maximum atomic E-state index is 13.3. The van der Waals surface area contributed by atoms with Gasteiger partial charge in [-0.25, -0.2) is 9.97 Å². The third kappa shape index (κ3) is 4.50. The lowest BCUT2D eigenvalue weighted by atomic mass is 10.0. The normalized spacial score (nSPS) is 10.9. The SMILES string of the molecule is CCCCOc1c(Cc2ccccc2)c(=O)n(OCCCC)c2ncncc12. The van der Waals surface area contributed by atoms with E-state index in [9.17, 15) is 4.79 Å². The summed E-state index contributed by atoms with van der Waals surface area (Å²) in [7, 11) is 0. The van der Waals surface area contributed by atoms with E-state index < -0.39 is 0 Å². The smallest absolute Gasteiger partial charge is 0.292 e. The summed E-state index contributed by atoms with van der Waals surface area (Å²) in [5, 5.41) is 0.695. The van der Waals surface area contributed by atoms with Gasteiger partial charge in [0.25, 0.3) is 5.56 Å². The van der Waals surface area contributed by atoms with E-state index in [-0.39, 0.29) is 5.56 Å². The molecule has 0 unspecified atom stereocenters. The second kappa shape index (κ2) is 9.88. The van der Waals surface area contributed by atoms with Crippen LogP contribution in [-0.4, -0.2) is 27.9 Å². The summed E-state index contributed by atoms with van der Waals surface area (Å²) < 4.78 is 7.38. The second-order valence-corrected chi connectivity index (χ2v) is 6.72. The first-order chi connectivity index (χ1) is 13.8. The lowest BCUT2D eigenvalue weighted by Crippen LogP contribution is -2.32. The number of hydrogen-bond acceptors (Lipinski definition) is 5. The summed E-state index contributed by atoms with van der Waals surface area (Å²) in [5.74, 6) is 0.563. The van der Waals surface area contributed by atoms with Crippen molar-refractivity contribution < 1.29 is 9.57 Å². The maximum absolute atomic E-state index is 13.3. The molecule has 0 aliphatic heterocycles. The molecule has 0 amide bonds. The van der Waals surface area contributed by atoms with E-state index in [1.165, 1.54) is 11.1 Å². The molecule has 6 nitrogen and oxygen atoms in total. The standard InChI is InChI=1S/C22H27N3O3/c1-3-5-12-27-20-18(14-17-10-8-7-9-11-17)22(26)25(28-13-6-4-2)21-19(20)15-23-16-24-21/h7-11,15-16H,3-6,12-14H2,1-2H3. The van der Waals surface area contributed by atoms with Crippen LogP contribution in [0.15, 0.2) is 47.7 Å². The van der Waals surface area contributed by atoms with Gasteiger partial charge in [-0.05, 0) is 18.4 Å². The molecular formula is C22H27N3O3. The largest absolute Gasteiger partial charge is 0.492 e. The van der Waals surface area contributed by atoms with E-state index in [2.05, 4.69) is 23.8 Å². The summed E-state index contributed by atoms with van der Waals surface area (Å²) in [4.78, 5) is 27.6. The summed E-state index contributed by atoms with van der Waals surface area (Å²) in [6.07, 6.45) is 7.35. The zero-order valence-corrected chi connectivity index (χ0v) is 16.6. The third-order valence-electron chi connectivity index (χ3n) is 4.53. The van der Waals surface area contributed by atoms with Crippen molar-refractivity contribution in [2.24, 2.45) is 0 Å². The fourth-order valence-corrected chi connectivity index (χ4v) is 2.98. The zero-order valence-electron chi connectivity index (χ0n) is 16.6. The van der Waals surface area contributed by atoms with E-state index in [0.717, 1.165) is 31.2 Å². The minimum atomic E-state index is -0.224. The van der Waals surface area contributed by atoms with Gasteiger partial charge in [-0.15, -0.1) is 4.73 Å². The Balaban J connectivity index is 2.13. The molecule has 0 radical (unpaired) electrons. The first kappa shape index (κ1) is 19.9. The van der Waals surface area contributed by atoms with Gasteiger partial charge in [0.2, 0.25) is 0 Å². The van der Waals surface area contributed by atoms with Crippen LogP contribution in [0, 0.1) is 0 Å². The number of ether oxygens (including phenoxy) is 1. The van der Waals surface area contributed by atoms with Gasteiger partial charge >= 0.3 is 0 Å². The van der Waals surface area contributed by atoms with Crippen LogP contribution >= 0.6 is 0 Å². The minimum absolute atomic E-state index is 0.224. The number of nitrogens with zero attached hydrogens (tertiary/aromatic N) is 3. The Labute approximate surface area is 165 Å². The first-order valence-electron chi connectivity index (χ1n) is 9.93. The monoisotopic (exact) mass is 381 g/mol. The average molecular weight is 381 g/mol. The lowest BCUT2D eigenvalue weighted by molar-refractivity contribution is 0.107. The predicted octanol–water partition coefficient (Wildman–Crippen LogP) is 3.79. The van der Waals surface area contributed by atoms with Crippen LogP contribution in [0.5, 0.6) is 5.75 Å². The van der Waals surface area contributed by atoms with Crippen molar-refractivity contribution in [3.8, 4) is 5.75 Å². The van der Waals surface area contributed by atoms with Crippen molar-refractivity contribution in [1.82, 2.24) is 14.7 Å². The maximum Gasteiger partial charge on any atom is 0.292 e. The molecular weight excluding hydrogens is 354 g/mol. The van der Waals surface area contributed by atoms with Crippen molar-refractivity contribution in [3.05, 3.63) is 64.3 Å². The fourth-order valence-electron chi connectivity index (χ4n) is 2.98. The number of benzene rings is 1. The van der Waals surface area contributed by atoms with Crippen LogP contribution in [0.3, 0.4) is 0 Å². The summed E-state index contributed by atoms with van der Waals surface area (Å²) >= 11 is 0. The van der Waals surface area contributed by atoms with E-state index in [0.29, 0.717) is 42.0 Å². The Morgan fingerprint density at radius 3 is 2.54 bits per heavy atom. The highest BCUT2D eigenvalue weighted by molar-refractivity contribution is 5.82. The highest BCUT2D eigenvalue weighted by Crippen LogP contribution is 2.27. The molecule has 0 aliphatic rings. The number of aromatic nitrogens is 3. The minimum Gasteiger partial charge on any atom is -0.492 e. The predicted molar refractivity (Wildman–Crippen MR) is 110 cm³/mol. The molecule has 0 aliphatic carbocycles. The zero-order chi connectivity index (χ0) is 19.8. The average Bonchev–Trinajstić information content (AvgIpc) is 2.73. The number of pyridine rings is 1. The summed E-state index contributed by atoms with van der Waals surface area (Å²) in [5.41, 5.74) is 1.83. The van der Waals surface area contributed by atoms with Gasteiger partial charge in [0.05, 0.1) is 17.6 Å². The Kier molecular flexibility index (Phi) is 7.00. The lowest BCUT2D eigenvalue weighted by Gasteiger charge is -2.17. The van der Waals surface area contributed by atoms with Crippen LogP contribution in [0.2, 0.25) is 0 Å². The molecule has 28 heavy (non-hydrogen) atoms. The van der Waals surface area contributed by atoms with Crippen LogP contribution in [0.1, 0.15) is 50.7 Å². The molecule has 0 N–H and O–H groups in total. The molecule has 2 aromatic heterocycles. The molecule has 6 heteroatoms. The number of unbranched alkanes of at least 4 members (excludes halogenated alkanes) is 2. The van der Waals surface area contributed by atoms with Crippen molar-refractivity contribution in [2.45, 2.75) is 46.0 Å². The van der Waals surface area contributed by atoms with Crippen LogP contribution < -0.4 is 15.1 Å². The Morgan fingerprint density at radius 1 is 1.04 bits per heavy atom. The molecule has 3 aromatic rings. The molecule has 148 valence electrons. The highest BCUT2D eigenvalue weighted by Gasteiger charge is 2.20. The van der Waals surface area contributed by atoms with Gasteiger partial charge in [-0.3, -0.25) is 4.79 Å². The number of fused-ring (bicyclic) bond motifs is 1. The Hall–Kier alpha value is -2.89. The van der Waals surface area contributed by atoms with Gasteiger partial charge < -0.3 is 9.57 Å². The van der Waals surface area contributed by atoms with Crippen molar-refractivity contribution in [3.63, 3.8) is 0 Å². The van der Waals surface area contributed by atoms with Crippen molar-refractivity contribution >= 4 is 11.0 Å². The fraction of sp³-hybridized carbons (Fsp3) is 0.409. The molecule has 0 bridgehead atoms. The Bertz CT molecular complexity index is 954. The highest BCUT2D eigenvalue weighted by atomic mass is 16.7.